The second-order valence-corrected chi connectivity index (χ2v) is 8.57. The van der Waals surface area contributed by atoms with Gasteiger partial charge in [-0.3, -0.25) is 9.59 Å². The highest BCUT2D eigenvalue weighted by Crippen LogP contribution is 2.37. The number of aromatic nitrogens is 1. The number of likely N-dealkylation sites (tertiary alicyclic amines) is 1. The van der Waals surface area contributed by atoms with Crippen LogP contribution >= 0.6 is 0 Å². The van der Waals surface area contributed by atoms with E-state index < -0.39 is 5.41 Å². The van der Waals surface area contributed by atoms with E-state index in [4.69, 9.17) is 4.52 Å². The van der Waals surface area contributed by atoms with E-state index in [1.54, 1.807) is 25.2 Å². The number of amides is 2. The van der Waals surface area contributed by atoms with Gasteiger partial charge >= 0.3 is 0 Å². The van der Waals surface area contributed by atoms with Crippen LogP contribution in [0.25, 0.3) is 11.3 Å². The number of nitrogens with one attached hydrogen (secondary N) is 1. The lowest BCUT2D eigenvalue weighted by molar-refractivity contribution is -0.137. The number of hydrogen-bond donors (Lipinski definition) is 1. The second-order valence-electron chi connectivity index (χ2n) is 8.57. The Kier molecular flexibility index (Phi) is 5.88. The molecule has 1 saturated carbocycles. The van der Waals surface area contributed by atoms with Gasteiger partial charge in [-0.1, -0.05) is 24.4 Å². The van der Waals surface area contributed by atoms with Crippen molar-refractivity contribution in [3.05, 3.63) is 41.9 Å². The molecule has 1 aliphatic heterocycles. The van der Waals surface area contributed by atoms with Gasteiger partial charge in [-0.15, -0.1) is 0 Å². The maximum absolute atomic E-state index is 13.2. The van der Waals surface area contributed by atoms with Gasteiger partial charge in [-0.05, 0) is 43.5 Å². The van der Waals surface area contributed by atoms with Crippen molar-refractivity contribution in [1.82, 2.24) is 15.4 Å². The van der Waals surface area contributed by atoms with Gasteiger partial charge in [-0.25, -0.2) is 4.39 Å². The van der Waals surface area contributed by atoms with Gasteiger partial charge in [0.1, 0.15) is 17.3 Å². The zero-order valence-corrected chi connectivity index (χ0v) is 17.3. The second kappa shape index (κ2) is 8.58. The van der Waals surface area contributed by atoms with Crippen LogP contribution in [-0.2, 0) is 16.0 Å². The van der Waals surface area contributed by atoms with Crippen molar-refractivity contribution in [2.75, 3.05) is 20.1 Å². The molecule has 2 aromatic rings. The van der Waals surface area contributed by atoms with Gasteiger partial charge in [0.15, 0.2) is 0 Å². The lowest BCUT2D eigenvalue weighted by Gasteiger charge is -2.29. The lowest BCUT2D eigenvalue weighted by atomic mass is 9.81. The van der Waals surface area contributed by atoms with Crippen LogP contribution in [-0.4, -0.2) is 42.0 Å². The first-order chi connectivity index (χ1) is 14.5. The Morgan fingerprint density at radius 1 is 1.23 bits per heavy atom. The van der Waals surface area contributed by atoms with Crippen LogP contribution in [0.5, 0.6) is 0 Å². The molecule has 2 amide bonds. The number of halogens is 1. The van der Waals surface area contributed by atoms with Crippen LogP contribution in [0.15, 0.2) is 34.9 Å². The fourth-order valence-corrected chi connectivity index (χ4v) is 4.83. The number of rotatable bonds is 5. The van der Waals surface area contributed by atoms with Crippen LogP contribution in [0, 0.1) is 17.2 Å². The molecule has 2 fully saturated rings. The van der Waals surface area contributed by atoms with E-state index in [0.29, 0.717) is 37.4 Å². The van der Waals surface area contributed by atoms with E-state index in [1.165, 1.54) is 18.6 Å². The third-order valence-corrected chi connectivity index (χ3v) is 6.54. The number of carbonyl (C=O) groups is 2. The molecule has 160 valence electrons. The third kappa shape index (κ3) is 4.11. The van der Waals surface area contributed by atoms with Crippen molar-refractivity contribution in [3.63, 3.8) is 0 Å². The molecule has 1 aliphatic carbocycles. The molecular weight excluding hydrogens is 385 g/mol. The summed E-state index contributed by atoms with van der Waals surface area (Å²) in [6.45, 7) is 0.982. The summed E-state index contributed by atoms with van der Waals surface area (Å²) in [7, 11) is 1.63. The first-order valence-corrected chi connectivity index (χ1v) is 10.7. The molecule has 0 radical (unpaired) electrons. The summed E-state index contributed by atoms with van der Waals surface area (Å²) in [5.74, 6) is 0.473. The summed E-state index contributed by atoms with van der Waals surface area (Å²) in [6.07, 6.45) is 6.28. The van der Waals surface area contributed by atoms with E-state index >= 15 is 0 Å². The molecule has 2 aliphatic rings. The molecule has 1 N–H and O–H groups in total. The van der Waals surface area contributed by atoms with Gasteiger partial charge < -0.3 is 14.7 Å². The molecule has 6 nitrogen and oxygen atoms in total. The standard InChI is InChI=1S/C23H28FN3O3/c1-25-22(29)23(11-12-27(15-23)21(28)17-5-3-2-4-6-17)14-19-13-20(26-30-19)16-7-9-18(24)10-8-16/h7-10,13,17H,2-6,11-12,14-15H2,1H3,(H,25,29)/t23-/m0/s1. The van der Waals surface area contributed by atoms with E-state index in [9.17, 15) is 14.0 Å². The molecule has 0 unspecified atom stereocenters. The maximum atomic E-state index is 13.2. The fraction of sp³-hybridized carbons (Fsp3) is 0.522. The summed E-state index contributed by atoms with van der Waals surface area (Å²) in [5, 5.41) is 6.86. The van der Waals surface area contributed by atoms with Crippen molar-refractivity contribution in [1.29, 1.82) is 0 Å². The molecule has 2 heterocycles. The van der Waals surface area contributed by atoms with E-state index in [1.807, 2.05) is 4.90 Å². The molecule has 0 bridgehead atoms. The highest BCUT2D eigenvalue weighted by Gasteiger charge is 2.47. The normalized spacial score (nSPS) is 22.3. The highest BCUT2D eigenvalue weighted by atomic mass is 19.1. The Bertz CT molecular complexity index is 905. The van der Waals surface area contributed by atoms with Crippen LogP contribution in [0.2, 0.25) is 0 Å². The Balaban J connectivity index is 1.50. The molecular formula is C23H28FN3O3. The van der Waals surface area contributed by atoms with Crippen molar-refractivity contribution in [3.8, 4) is 11.3 Å². The Labute approximate surface area is 175 Å². The smallest absolute Gasteiger partial charge is 0.228 e. The average molecular weight is 413 g/mol. The molecule has 7 heteroatoms. The minimum Gasteiger partial charge on any atom is -0.361 e. The Hall–Kier alpha value is -2.70. The first-order valence-electron chi connectivity index (χ1n) is 10.7. The molecule has 1 atom stereocenters. The van der Waals surface area contributed by atoms with Gasteiger partial charge in [0.25, 0.3) is 0 Å². The van der Waals surface area contributed by atoms with E-state index in [2.05, 4.69) is 10.5 Å². The van der Waals surface area contributed by atoms with Crippen molar-refractivity contribution < 1.29 is 18.5 Å². The highest BCUT2D eigenvalue weighted by molar-refractivity contribution is 5.86. The monoisotopic (exact) mass is 413 g/mol. The van der Waals surface area contributed by atoms with E-state index in [-0.39, 0.29) is 23.5 Å². The number of hydrogen-bond acceptors (Lipinski definition) is 4. The van der Waals surface area contributed by atoms with E-state index in [0.717, 1.165) is 31.2 Å². The Morgan fingerprint density at radius 3 is 2.67 bits per heavy atom. The van der Waals surface area contributed by atoms with Crippen molar-refractivity contribution in [2.24, 2.45) is 11.3 Å². The summed E-state index contributed by atoms with van der Waals surface area (Å²) in [4.78, 5) is 27.7. The van der Waals surface area contributed by atoms with Gasteiger partial charge in [0.2, 0.25) is 11.8 Å². The summed E-state index contributed by atoms with van der Waals surface area (Å²) in [6, 6.07) is 7.84. The molecule has 30 heavy (non-hydrogen) atoms. The molecule has 1 saturated heterocycles. The predicted octanol–water partition coefficient (Wildman–Crippen LogP) is 3.57. The largest absolute Gasteiger partial charge is 0.361 e. The molecule has 1 aromatic heterocycles. The van der Waals surface area contributed by atoms with Gasteiger partial charge in [-0.2, -0.15) is 0 Å². The zero-order chi connectivity index (χ0) is 21.1. The number of carbonyl (C=O) groups excluding carboxylic acids is 2. The summed E-state index contributed by atoms with van der Waals surface area (Å²) < 4.78 is 18.7. The molecule has 4 rings (SSSR count). The molecule has 0 spiro atoms. The summed E-state index contributed by atoms with van der Waals surface area (Å²) in [5.41, 5.74) is 0.629. The van der Waals surface area contributed by atoms with Crippen LogP contribution in [0.1, 0.15) is 44.3 Å². The topological polar surface area (TPSA) is 75.4 Å². The predicted molar refractivity (Wildman–Crippen MR) is 110 cm³/mol. The quantitative estimate of drug-likeness (QED) is 0.813. The lowest BCUT2D eigenvalue weighted by Crippen LogP contribution is -2.45. The minimum absolute atomic E-state index is 0.0822. The maximum Gasteiger partial charge on any atom is 0.228 e. The van der Waals surface area contributed by atoms with Crippen molar-refractivity contribution >= 4 is 11.8 Å². The zero-order valence-electron chi connectivity index (χ0n) is 17.3. The third-order valence-electron chi connectivity index (χ3n) is 6.54. The minimum atomic E-state index is -0.724. The molecule has 1 aromatic carbocycles. The van der Waals surface area contributed by atoms with Crippen LogP contribution in [0.4, 0.5) is 4.39 Å². The number of benzene rings is 1. The van der Waals surface area contributed by atoms with Crippen molar-refractivity contribution in [2.45, 2.75) is 44.9 Å². The SMILES string of the molecule is CNC(=O)[C@]1(Cc2cc(-c3ccc(F)cc3)no2)CCN(C(=O)C2CCCCC2)C1. The number of nitrogens with zero attached hydrogens (tertiary/aromatic N) is 2. The Morgan fingerprint density at radius 2 is 1.97 bits per heavy atom. The van der Waals surface area contributed by atoms with Gasteiger partial charge in [0, 0.05) is 44.1 Å². The summed E-state index contributed by atoms with van der Waals surface area (Å²) >= 11 is 0. The fourth-order valence-electron chi connectivity index (χ4n) is 4.83. The first kappa shape index (κ1) is 20.6. The van der Waals surface area contributed by atoms with Gasteiger partial charge in [0.05, 0.1) is 5.41 Å². The van der Waals surface area contributed by atoms with Crippen LogP contribution < -0.4 is 5.32 Å². The van der Waals surface area contributed by atoms with Crippen LogP contribution in [0.3, 0.4) is 0 Å². The average Bonchev–Trinajstić information content (AvgIpc) is 3.42.